The molecule has 0 saturated carbocycles. The molecular formula is C53H80O4Si. The van der Waals surface area contributed by atoms with Crippen LogP contribution in [0.1, 0.15) is 169 Å². The van der Waals surface area contributed by atoms with E-state index in [-0.39, 0.29) is 29.3 Å². The fourth-order valence-electron chi connectivity index (χ4n) is 8.07. The van der Waals surface area contributed by atoms with E-state index >= 15 is 0 Å². The van der Waals surface area contributed by atoms with Crippen molar-refractivity contribution in [3.8, 4) is 0 Å². The second kappa shape index (κ2) is 29.0. The summed E-state index contributed by atoms with van der Waals surface area (Å²) in [7, 11) is -2.81. The van der Waals surface area contributed by atoms with E-state index in [1.807, 2.05) is 13.0 Å². The Balaban J connectivity index is 1.36. The Labute approximate surface area is 356 Å². The van der Waals surface area contributed by atoms with Crippen molar-refractivity contribution in [2.24, 2.45) is 0 Å². The van der Waals surface area contributed by atoms with Crippen LogP contribution >= 0.6 is 0 Å². The minimum absolute atomic E-state index is 0.167. The van der Waals surface area contributed by atoms with Gasteiger partial charge in [-0.2, -0.15) is 0 Å². The third kappa shape index (κ3) is 18.8. The van der Waals surface area contributed by atoms with Gasteiger partial charge >= 0.3 is 5.97 Å². The fraction of sp³-hybridized carbons (Fsp3) is 0.566. The molecule has 320 valence electrons. The summed E-state index contributed by atoms with van der Waals surface area (Å²) in [6.07, 6.45) is 43.3. The minimum atomic E-state index is -2.81. The lowest BCUT2D eigenvalue weighted by Crippen LogP contribution is -2.67. The van der Waals surface area contributed by atoms with Crippen LogP contribution in [-0.4, -0.2) is 37.7 Å². The molecule has 0 radical (unpaired) electrons. The monoisotopic (exact) mass is 809 g/mol. The summed E-state index contributed by atoms with van der Waals surface area (Å²) in [6.45, 7) is 11.1. The van der Waals surface area contributed by atoms with Crippen LogP contribution in [0.25, 0.3) is 0 Å². The van der Waals surface area contributed by atoms with Crippen LogP contribution in [0.5, 0.6) is 0 Å². The smallest absolute Gasteiger partial charge is 0.334 e. The summed E-state index contributed by atoms with van der Waals surface area (Å²) in [5.74, 6) is -0.235. The van der Waals surface area contributed by atoms with Gasteiger partial charge in [-0.3, -0.25) is 0 Å². The molecule has 2 aromatic rings. The van der Waals surface area contributed by atoms with Crippen molar-refractivity contribution in [2.75, 3.05) is 0 Å². The maximum Gasteiger partial charge on any atom is 0.334 e. The van der Waals surface area contributed by atoms with Crippen molar-refractivity contribution in [1.82, 2.24) is 0 Å². The van der Waals surface area contributed by atoms with Gasteiger partial charge in [-0.25, -0.2) is 4.79 Å². The van der Waals surface area contributed by atoms with E-state index < -0.39 is 8.32 Å². The van der Waals surface area contributed by atoms with Crippen LogP contribution < -0.4 is 10.4 Å². The summed E-state index contributed by atoms with van der Waals surface area (Å²) in [5.41, 5.74) is 0.705. The van der Waals surface area contributed by atoms with E-state index in [4.69, 9.17) is 9.16 Å². The predicted molar refractivity (Wildman–Crippen MR) is 251 cm³/mol. The third-order valence-corrected chi connectivity index (χ3v) is 16.4. The number of hydrogen-bond donors (Lipinski definition) is 1. The van der Waals surface area contributed by atoms with Crippen molar-refractivity contribution in [1.29, 1.82) is 0 Å². The van der Waals surface area contributed by atoms with Crippen LogP contribution in [0.4, 0.5) is 0 Å². The number of esters is 1. The molecule has 1 aliphatic rings. The van der Waals surface area contributed by atoms with Gasteiger partial charge in [0.2, 0.25) is 0 Å². The topological polar surface area (TPSA) is 55.8 Å². The van der Waals surface area contributed by atoms with Gasteiger partial charge in [0.1, 0.15) is 6.10 Å². The van der Waals surface area contributed by atoms with Gasteiger partial charge in [-0.15, -0.1) is 0 Å². The Morgan fingerprint density at radius 1 is 0.655 bits per heavy atom. The normalized spacial score (nSPS) is 16.3. The number of benzene rings is 2. The standard InChI is InChI=1S/C53H80O4Si/c1-6-7-8-9-10-11-12-13-14-15-16-17-18-19-20-21-22-23-24-25-26-30-37-48(54)38-31-27-32-39-49(45-47-44-46(2)56-52(47)55)57-58(53(3,4)5,50-40-33-28-34-41-50)51-42-35-29-36-43-51/h17-18,21-22,25-29,31,33-36,40-44,46,48-49,54H,6-16,19-20,23-24,30,32,37-39,45H2,1-5H3/b18-17+,22-21+,26-25+,31-27+/t46-,48+,49+/m0/s1. The Morgan fingerprint density at radius 3 is 1.62 bits per heavy atom. The molecule has 1 aliphatic heterocycles. The Hall–Kier alpha value is -3.25. The van der Waals surface area contributed by atoms with Crippen LogP contribution in [0, 0.1) is 0 Å². The lowest BCUT2D eigenvalue weighted by molar-refractivity contribution is -0.139. The highest BCUT2D eigenvalue weighted by Crippen LogP contribution is 2.39. The lowest BCUT2D eigenvalue weighted by Gasteiger charge is -2.45. The molecule has 5 heteroatoms. The zero-order valence-corrected chi connectivity index (χ0v) is 38.2. The highest BCUT2D eigenvalue weighted by Gasteiger charge is 2.51. The van der Waals surface area contributed by atoms with E-state index in [1.54, 1.807) is 0 Å². The number of aliphatic hydroxyl groups is 1. The molecule has 0 unspecified atom stereocenters. The summed E-state index contributed by atoms with van der Waals surface area (Å²) >= 11 is 0. The van der Waals surface area contributed by atoms with E-state index in [0.717, 1.165) is 51.4 Å². The number of aliphatic hydroxyl groups excluding tert-OH is 1. The van der Waals surface area contributed by atoms with Crippen LogP contribution in [0.2, 0.25) is 5.04 Å². The molecule has 58 heavy (non-hydrogen) atoms. The van der Waals surface area contributed by atoms with Crippen molar-refractivity contribution >= 4 is 24.7 Å². The second-order valence-electron chi connectivity index (χ2n) is 17.5. The van der Waals surface area contributed by atoms with Crippen LogP contribution in [0.15, 0.2) is 121 Å². The summed E-state index contributed by atoms with van der Waals surface area (Å²) in [5, 5.41) is 13.0. The SMILES string of the molecule is CCCCCCCCCCCC/C=C/CC/C=C/CC/C=C/CC[C@@H](O)C/C=C/CC[C@H](CC1=C[C@H](C)OC1=O)O[Si](c1ccccc1)(c1ccccc1)C(C)(C)C. The van der Waals surface area contributed by atoms with E-state index in [0.29, 0.717) is 18.4 Å². The number of unbranched alkanes of at least 4 members (excludes halogenated alkanes) is 12. The summed E-state index contributed by atoms with van der Waals surface area (Å²) in [6, 6.07) is 21.4. The Morgan fingerprint density at radius 2 is 1.12 bits per heavy atom. The number of hydrogen-bond acceptors (Lipinski definition) is 4. The number of cyclic esters (lactones) is 1. The van der Waals surface area contributed by atoms with Gasteiger partial charge in [-0.1, -0.05) is 195 Å². The molecule has 3 rings (SSSR count). The number of carbonyl (C=O) groups excluding carboxylic acids is 1. The van der Waals surface area contributed by atoms with Gasteiger partial charge in [0.05, 0.1) is 12.2 Å². The molecule has 2 aromatic carbocycles. The number of carbonyl (C=O) groups is 1. The number of rotatable bonds is 31. The Kier molecular flexibility index (Phi) is 24.6. The average Bonchev–Trinajstić information content (AvgIpc) is 3.53. The van der Waals surface area contributed by atoms with Gasteiger partial charge in [0.15, 0.2) is 0 Å². The van der Waals surface area contributed by atoms with Crippen molar-refractivity contribution in [2.45, 2.75) is 193 Å². The van der Waals surface area contributed by atoms with E-state index in [1.165, 1.54) is 81.0 Å². The summed E-state index contributed by atoms with van der Waals surface area (Å²) < 4.78 is 13.0. The minimum Gasteiger partial charge on any atom is -0.455 e. The summed E-state index contributed by atoms with van der Waals surface area (Å²) in [4.78, 5) is 12.8. The third-order valence-electron chi connectivity index (χ3n) is 11.3. The van der Waals surface area contributed by atoms with Gasteiger partial charge in [0.25, 0.3) is 8.32 Å². The molecule has 0 amide bonds. The number of allylic oxidation sites excluding steroid dienone is 7. The molecule has 4 nitrogen and oxygen atoms in total. The molecule has 0 aromatic heterocycles. The lowest BCUT2D eigenvalue weighted by atomic mass is 10.0. The maximum absolute atomic E-state index is 12.8. The molecule has 0 fully saturated rings. The first-order valence-electron chi connectivity index (χ1n) is 23.2. The van der Waals surface area contributed by atoms with Gasteiger partial charge in [0, 0.05) is 12.0 Å². The molecule has 3 atom stereocenters. The average molecular weight is 809 g/mol. The molecular weight excluding hydrogens is 729 g/mol. The van der Waals surface area contributed by atoms with Crippen LogP contribution in [-0.2, 0) is 14.0 Å². The molecule has 0 saturated heterocycles. The number of ether oxygens (including phenoxy) is 1. The van der Waals surface area contributed by atoms with Gasteiger partial charge in [-0.05, 0) is 99.0 Å². The Bertz CT molecular complexity index is 1480. The fourth-order valence-corrected chi connectivity index (χ4v) is 12.8. The van der Waals surface area contributed by atoms with E-state index in [2.05, 4.69) is 137 Å². The second-order valence-corrected chi connectivity index (χ2v) is 21.7. The first kappa shape index (κ1) is 49.1. The van der Waals surface area contributed by atoms with Crippen molar-refractivity contribution < 1.29 is 19.1 Å². The van der Waals surface area contributed by atoms with Crippen molar-refractivity contribution in [3.05, 3.63) is 121 Å². The molecule has 0 aliphatic carbocycles. The van der Waals surface area contributed by atoms with Gasteiger partial charge < -0.3 is 14.3 Å². The predicted octanol–water partition coefficient (Wildman–Crippen LogP) is 13.6. The molecule has 1 N–H and O–H groups in total. The highest BCUT2D eigenvalue weighted by atomic mass is 28.4. The molecule has 1 heterocycles. The first-order valence-corrected chi connectivity index (χ1v) is 25.1. The first-order chi connectivity index (χ1) is 28.2. The largest absolute Gasteiger partial charge is 0.455 e. The molecule has 0 spiro atoms. The zero-order chi connectivity index (χ0) is 41.7. The molecule has 0 bridgehead atoms. The quantitative estimate of drug-likeness (QED) is 0.0357. The maximum atomic E-state index is 12.8. The van der Waals surface area contributed by atoms with Crippen LogP contribution in [0.3, 0.4) is 0 Å². The zero-order valence-electron chi connectivity index (χ0n) is 37.2. The highest BCUT2D eigenvalue weighted by molar-refractivity contribution is 6.99. The van der Waals surface area contributed by atoms with Crippen molar-refractivity contribution in [3.63, 3.8) is 0 Å². The van der Waals surface area contributed by atoms with E-state index in [9.17, 15) is 9.90 Å².